The molecular formula is C6H4IN3O2. The maximum atomic E-state index is 11.1. The summed E-state index contributed by atoms with van der Waals surface area (Å²) < 4.78 is 1.26. The molecule has 5 nitrogen and oxygen atoms in total. The van der Waals surface area contributed by atoms with Crippen molar-refractivity contribution in [1.82, 2.24) is 9.78 Å². The van der Waals surface area contributed by atoms with Crippen LogP contribution < -0.4 is 5.56 Å². The lowest BCUT2D eigenvalue weighted by Crippen LogP contribution is -2.23. The Labute approximate surface area is 81.4 Å². The van der Waals surface area contributed by atoms with Gasteiger partial charge in [0.25, 0.3) is 5.56 Å². The van der Waals surface area contributed by atoms with Gasteiger partial charge in [-0.3, -0.25) is 4.79 Å². The molecule has 0 aliphatic carbocycles. The molecule has 0 saturated heterocycles. The Morgan fingerprint density at radius 3 is 2.83 bits per heavy atom. The van der Waals surface area contributed by atoms with Crippen molar-refractivity contribution in [2.45, 2.75) is 0 Å². The zero-order valence-electron chi connectivity index (χ0n) is 6.08. The van der Waals surface area contributed by atoms with E-state index in [2.05, 4.69) is 5.10 Å². The summed E-state index contributed by atoms with van der Waals surface area (Å²) >= 11 is 1.74. The summed E-state index contributed by atoms with van der Waals surface area (Å²) in [5.74, 6) is -0.346. The lowest BCUT2D eigenvalue weighted by atomic mass is 10.3. The molecule has 0 amide bonds. The van der Waals surface area contributed by atoms with Crippen LogP contribution in [0.2, 0.25) is 0 Å². The quantitative estimate of drug-likeness (QED) is 0.675. The zero-order chi connectivity index (χ0) is 9.30. The van der Waals surface area contributed by atoms with Crippen LogP contribution in [0.25, 0.3) is 0 Å². The Balaban J connectivity index is 3.68. The highest BCUT2D eigenvalue weighted by atomic mass is 127. The Kier molecular flexibility index (Phi) is 2.32. The number of aromatic nitrogens is 2. The normalized spacial score (nSPS) is 9.42. The van der Waals surface area contributed by atoms with Gasteiger partial charge in [-0.2, -0.15) is 10.4 Å². The van der Waals surface area contributed by atoms with Crippen LogP contribution in [0, 0.1) is 15.0 Å². The molecule has 1 rings (SSSR count). The SMILES string of the molecule is Cn1nc(I)c(O)c(C#N)c1=O. The second-order valence-corrected chi connectivity index (χ2v) is 3.08. The predicted molar refractivity (Wildman–Crippen MR) is 48.6 cm³/mol. The minimum Gasteiger partial charge on any atom is -0.504 e. The van der Waals surface area contributed by atoms with E-state index in [0.717, 1.165) is 4.68 Å². The van der Waals surface area contributed by atoms with Gasteiger partial charge in [0.2, 0.25) is 0 Å². The summed E-state index contributed by atoms with van der Waals surface area (Å²) in [7, 11) is 1.42. The first-order valence-electron chi connectivity index (χ1n) is 2.93. The summed E-state index contributed by atoms with van der Waals surface area (Å²) in [6.45, 7) is 0. The molecule has 0 unspecified atom stereocenters. The first-order chi connectivity index (χ1) is 5.57. The standard InChI is InChI=1S/C6H4IN3O2/c1-10-6(12)3(2-8)4(11)5(7)9-10/h11H,1H3. The third-order valence-electron chi connectivity index (χ3n) is 1.29. The molecule has 0 atom stereocenters. The van der Waals surface area contributed by atoms with E-state index in [1.54, 1.807) is 28.7 Å². The number of hydrogen-bond acceptors (Lipinski definition) is 4. The van der Waals surface area contributed by atoms with Crippen LogP contribution in [0.15, 0.2) is 4.79 Å². The van der Waals surface area contributed by atoms with Crippen LogP contribution in [0.5, 0.6) is 5.75 Å². The maximum absolute atomic E-state index is 11.1. The van der Waals surface area contributed by atoms with Crippen molar-refractivity contribution in [2.75, 3.05) is 0 Å². The monoisotopic (exact) mass is 277 g/mol. The molecule has 0 bridgehead atoms. The minimum absolute atomic E-state index is 0.242. The highest BCUT2D eigenvalue weighted by molar-refractivity contribution is 14.1. The van der Waals surface area contributed by atoms with Crippen molar-refractivity contribution < 1.29 is 5.11 Å². The first kappa shape index (κ1) is 8.99. The van der Waals surface area contributed by atoms with Gasteiger partial charge in [0.15, 0.2) is 15.0 Å². The lowest BCUT2D eigenvalue weighted by Gasteiger charge is -2.00. The number of halogens is 1. The molecule has 1 aromatic heterocycles. The average Bonchev–Trinajstić information content (AvgIpc) is 2.02. The minimum atomic E-state index is -0.588. The molecule has 0 saturated carbocycles. The summed E-state index contributed by atoms with van der Waals surface area (Å²) in [6.07, 6.45) is 0. The van der Waals surface area contributed by atoms with Crippen LogP contribution in [0.4, 0.5) is 0 Å². The molecule has 0 aromatic carbocycles. The van der Waals surface area contributed by atoms with E-state index in [0.29, 0.717) is 0 Å². The van der Waals surface area contributed by atoms with Gasteiger partial charge in [0.1, 0.15) is 6.07 Å². The molecule has 0 fully saturated rings. The molecule has 62 valence electrons. The Bertz CT molecular complexity index is 418. The average molecular weight is 277 g/mol. The van der Waals surface area contributed by atoms with Gasteiger partial charge in [0.05, 0.1) is 0 Å². The van der Waals surface area contributed by atoms with Crippen LogP contribution in [-0.2, 0) is 7.05 Å². The third kappa shape index (κ3) is 1.27. The van der Waals surface area contributed by atoms with Crippen molar-refractivity contribution in [1.29, 1.82) is 5.26 Å². The van der Waals surface area contributed by atoms with Gasteiger partial charge in [-0.05, 0) is 22.6 Å². The topological polar surface area (TPSA) is 78.9 Å². The Hall–Kier alpha value is -1.10. The van der Waals surface area contributed by atoms with Crippen molar-refractivity contribution in [3.8, 4) is 11.8 Å². The number of nitrogens with zero attached hydrogens (tertiary/aromatic N) is 3. The van der Waals surface area contributed by atoms with E-state index in [-0.39, 0.29) is 15.0 Å². The number of hydrogen-bond donors (Lipinski definition) is 1. The summed E-state index contributed by atoms with van der Waals surface area (Å²) in [4.78, 5) is 11.1. The summed E-state index contributed by atoms with van der Waals surface area (Å²) in [5.41, 5.74) is -0.854. The van der Waals surface area contributed by atoms with E-state index in [1.807, 2.05) is 0 Å². The largest absolute Gasteiger partial charge is 0.504 e. The fourth-order valence-corrected chi connectivity index (χ4v) is 1.28. The fourth-order valence-electron chi connectivity index (χ4n) is 0.691. The van der Waals surface area contributed by atoms with E-state index in [4.69, 9.17) is 5.26 Å². The summed E-state index contributed by atoms with van der Waals surface area (Å²) in [6, 6.07) is 1.62. The van der Waals surface area contributed by atoms with Gasteiger partial charge >= 0.3 is 0 Å². The second-order valence-electron chi connectivity index (χ2n) is 2.05. The predicted octanol–water partition coefficient (Wildman–Crippen LogP) is -0.0378. The van der Waals surface area contributed by atoms with Gasteiger partial charge in [-0.15, -0.1) is 0 Å². The molecule has 1 heterocycles. The van der Waals surface area contributed by atoms with Crippen molar-refractivity contribution in [3.05, 3.63) is 19.6 Å². The highest BCUT2D eigenvalue weighted by Crippen LogP contribution is 2.17. The summed E-state index contributed by atoms with van der Waals surface area (Å²) in [5, 5.41) is 21.4. The van der Waals surface area contributed by atoms with Gasteiger partial charge in [-0.1, -0.05) is 0 Å². The lowest BCUT2D eigenvalue weighted by molar-refractivity contribution is 0.456. The number of aryl methyl sites for hydroxylation is 1. The molecule has 12 heavy (non-hydrogen) atoms. The van der Waals surface area contributed by atoms with Crippen molar-refractivity contribution >= 4 is 22.6 Å². The van der Waals surface area contributed by atoms with Crippen molar-refractivity contribution in [2.24, 2.45) is 7.05 Å². The van der Waals surface area contributed by atoms with Crippen LogP contribution in [-0.4, -0.2) is 14.9 Å². The van der Waals surface area contributed by atoms with E-state index in [9.17, 15) is 9.90 Å². The molecule has 0 aliphatic rings. The third-order valence-corrected chi connectivity index (χ3v) is 2.02. The van der Waals surface area contributed by atoms with E-state index < -0.39 is 5.56 Å². The first-order valence-corrected chi connectivity index (χ1v) is 4.01. The zero-order valence-corrected chi connectivity index (χ0v) is 8.23. The van der Waals surface area contributed by atoms with Crippen molar-refractivity contribution in [3.63, 3.8) is 0 Å². The Morgan fingerprint density at radius 1 is 1.75 bits per heavy atom. The highest BCUT2D eigenvalue weighted by Gasteiger charge is 2.12. The molecule has 6 heteroatoms. The number of rotatable bonds is 0. The second kappa shape index (κ2) is 3.10. The van der Waals surface area contributed by atoms with Gasteiger partial charge < -0.3 is 5.11 Å². The van der Waals surface area contributed by atoms with Gasteiger partial charge in [0, 0.05) is 7.05 Å². The maximum Gasteiger partial charge on any atom is 0.288 e. The molecular weight excluding hydrogens is 273 g/mol. The molecule has 1 N–H and O–H groups in total. The van der Waals surface area contributed by atoms with Crippen LogP contribution in [0.3, 0.4) is 0 Å². The van der Waals surface area contributed by atoms with Crippen LogP contribution >= 0.6 is 22.6 Å². The number of aromatic hydroxyl groups is 1. The fraction of sp³-hybridized carbons (Fsp3) is 0.167. The smallest absolute Gasteiger partial charge is 0.288 e. The molecule has 0 radical (unpaired) electrons. The van der Waals surface area contributed by atoms with Gasteiger partial charge in [-0.25, -0.2) is 4.68 Å². The molecule has 1 aromatic rings. The number of nitriles is 1. The molecule has 0 spiro atoms. The van der Waals surface area contributed by atoms with E-state index in [1.165, 1.54) is 7.05 Å². The molecule has 0 aliphatic heterocycles. The van der Waals surface area contributed by atoms with E-state index >= 15 is 0 Å². The van der Waals surface area contributed by atoms with Crippen LogP contribution in [0.1, 0.15) is 5.56 Å². The Morgan fingerprint density at radius 2 is 2.33 bits per heavy atom.